The minimum atomic E-state index is -1.55. The van der Waals surface area contributed by atoms with E-state index in [9.17, 15) is 0 Å². The minimum Gasteiger partial charge on any atom is -0.460 e. The highest BCUT2D eigenvalue weighted by atomic mass is 28.4. The molecule has 1 heterocycles. The molecule has 0 aliphatic heterocycles. The van der Waals surface area contributed by atoms with Crippen LogP contribution in [0.2, 0.25) is 19.6 Å². The zero-order valence-electron chi connectivity index (χ0n) is 13.2. The molecule has 3 nitrogen and oxygen atoms in total. The van der Waals surface area contributed by atoms with Crippen molar-refractivity contribution in [1.29, 1.82) is 0 Å². The molecule has 0 aliphatic rings. The molecule has 1 aromatic heterocycles. The summed E-state index contributed by atoms with van der Waals surface area (Å²) in [6.07, 6.45) is 1.79. The number of nitrogens with zero attached hydrogens (tertiary/aromatic N) is 1. The summed E-state index contributed by atoms with van der Waals surface area (Å²) < 4.78 is 11.6. The first-order chi connectivity index (χ1) is 9.94. The second-order valence-electron chi connectivity index (χ2n) is 6.08. The molecular formula is C17H23NO2Si. The van der Waals surface area contributed by atoms with Crippen molar-refractivity contribution in [2.75, 3.05) is 6.61 Å². The number of hydrogen-bond donors (Lipinski definition) is 0. The molecule has 0 amide bonds. The standard InChI is InChI=1S/C17H23NO2Si/c1-14-10-11-16(20-14)12-18-17(13-19-21(2,3)4)15-8-6-5-7-9-15/h5-12,17H,13H2,1-4H3/t17-/m0/s1. The summed E-state index contributed by atoms with van der Waals surface area (Å²) in [5.74, 6) is 1.67. The first-order valence-corrected chi connectivity index (χ1v) is 10.6. The first kappa shape index (κ1) is 15.7. The quantitative estimate of drug-likeness (QED) is 0.577. The lowest BCUT2D eigenvalue weighted by molar-refractivity contribution is 0.285. The Labute approximate surface area is 127 Å². The molecule has 0 spiro atoms. The highest BCUT2D eigenvalue weighted by Crippen LogP contribution is 2.20. The van der Waals surface area contributed by atoms with Crippen LogP contribution in [0.3, 0.4) is 0 Å². The Balaban J connectivity index is 2.13. The lowest BCUT2D eigenvalue weighted by Crippen LogP contribution is -2.27. The summed E-state index contributed by atoms with van der Waals surface area (Å²) in [6, 6.07) is 14.1. The number of aryl methyl sites for hydroxylation is 1. The van der Waals surface area contributed by atoms with Gasteiger partial charge in [-0.15, -0.1) is 0 Å². The summed E-state index contributed by atoms with van der Waals surface area (Å²) in [7, 11) is -1.55. The van der Waals surface area contributed by atoms with E-state index in [2.05, 4.69) is 36.8 Å². The third-order valence-electron chi connectivity index (χ3n) is 3.00. The number of aliphatic imine (C=N–C) groups is 1. The van der Waals surface area contributed by atoms with E-state index in [1.54, 1.807) is 6.21 Å². The van der Waals surface area contributed by atoms with Crippen LogP contribution in [-0.4, -0.2) is 21.1 Å². The second kappa shape index (κ2) is 6.87. The average molecular weight is 301 g/mol. The van der Waals surface area contributed by atoms with Crippen molar-refractivity contribution in [2.45, 2.75) is 32.6 Å². The van der Waals surface area contributed by atoms with E-state index in [0.29, 0.717) is 6.61 Å². The van der Waals surface area contributed by atoms with Crippen LogP contribution in [0.5, 0.6) is 0 Å². The number of furan rings is 1. The Kier molecular flexibility index (Phi) is 5.15. The van der Waals surface area contributed by atoms with Gasteiger partial charge in [-0.05, 0) is 44.3 Å². The largest absolute Gasteiger partial charge is 0.460 e. The topological polar surface area (TPSA) is 34.7 Å². The van der Waals surface area contributed by atoms with Gasteiger partial charge >= 0.3 is 0 Å². The van der Waals surface area contributed by atoms with E-state index in [1.807, 2.05) is 37.3 Å². The van der Waals surface area contributed by atoms with Crippen LogP contribution in [-0.2, 0) is 4.43 Å². The fourth-order valence-electron chi connectivity index (χ4n) is 1.92. The number of benzene rings is 1. The van der Waals surface area contributed by atoms with Crippen LogP contribution in [0.1, 0.15) is 23.1 Å². The number of rotatable bonds is 6. The third-order valence-corrected chi connectivity index (χ3v) is 4.03. The van der Waals surface area contributed by atoms with E-state index in [1.165, 1.54) is 0 Å². The molecule has 0 N–H and O–H groups in total. The van der Waals surface area contributed by atoms with Gasteiger partial charge in [0.2, 0.25) is 0 Å². The molecule has 1 aromatic carbocycles. The Morgan fingerprint density at radius 3 is 2.43 bits per heavy atom. The van der Waals surface area contributed by atoms with Gasteiger partial charge in [0.25, 0.3) is 0 Å². The molecule has 0 radical (unpaired) electrons. The van der Waals surface area contributed by atoms with Crippen molar-refractivity contribution < 1.29 is 8.84 Å². The smallest absolute Gasteiger partial charge is 0.183 e. The molecule has 112 valence electrons. The Bertz CT molecular complexity index is 584. The van der Waals surface area contributed by atoms with Crippen molar-refractivity contribution in [1.82, 2.24) is 0 Å². The molecule has 0 bridgehead atoms. The van der Waals surface area contributed by atoms with Crippen molar-refractivity contribution in [3.63, 3.8) is 0 Å². The molecule has 1 atom stereocenters. The van der Waals surface area contributed by atoms with Gasteiger partial charge in [0.15, 0.2) is 8.32 Å². The van der Waals surface area contributed by atoms with Gasteiger partial charge in [-0.3, -0.25) is 4.99 Å². The Morgan fingerprint density at radius 2 is 1.86 bits per heavy atom. The molecule has 2 aromatic rings. The summed E-state index contributed by atoms with van der Waals surface area (Å²) in [4.78, 5) is 4.66. The predicted molar refractivity (Wildman–Crippen MR) is 89.5 cm³/mol. The maximum Gasteiger partial charge on any atom is 0.183 e. The molecule has 2 rings (SSSR count). The monoisotopic (exact) mass is 301 g/mol. The predicted octanol–water partition coefficient (Wildman–Crippen LogP) is 4.60. The van der Waals surface area contributed by atoms with Crippen molar-refractivity contribution >= 4 is 14.5 Å². The van der Waals surface area contributed by atoms with E-state index in [0.717, 1.165) is 17.1 Å². The molecule has 0 saturated carbocycles. The molecule has 21 heavy (non-hydrogen) atoms. The van der Waals surface area contributed by atoms with Crippen LogP contribution < -0.4 is 0 Å². The highest BCUT2D eigenvalue weighted by molar-refractivity contribution is 6.69. The molecule has 4 heteroatoms. The van der Waals surface area contributed by atoms with Gasteiger partial charge in [0.1, 0.15) is 11.5 Å². The van der Waals surface area contributed by atoms with Crippen LogP contribution in [0.25, 0.3) is 0 Å². The van der Waals surface area contributed by atoms with Crippen LogP contribution >= 0.6 is 0 Å². The summed E-state index contributed by atoms with van der Waals surface area (Å²) >= 11 is 0. The fraction of sp³-hybridized carbons (Fsp3) is 0.353. The number of hydrogen-bond acceptors (Lipinski definition) is 3. The molecule has 0 unspecified atom stereocenters. The molecule has 0 fully saturated rings. The lowest BCUT2D eigenvalue weighted by atomic mass is 10.1. The van der Waals surface area contributed by atoms with Crippen molar-refractivity contribution in [3.05, 3.63) is 59.5 Å². The van der Waals surface area contributed by atoms with Crippen LogP contribution in [0.15, 0.2) is 51.9 Å². The van der Waals surface area contributed by atoms with Crippen LogP contribution in [0.4, 0.5) is 0 Å². The second-order valence-corrected chi connectivity index (χ2v) is 10.6. The van der Waals surface area contributed by atoms with E-state index in [4.69, 9.17) is 8.84 Å². The maximum absolute atomic E-state index is 6.03. The van der Waals surface area contributed by atoms with E-state index in [-0.39, 0.29) is 6.04 Å². The Hall–Kier alpha value is -1.65. The summed E-state index contributed by atoms with van der Waals surface area (Å²) in [5.41, 5.74) is 1.16. The van der Waals surface area contributed by atoms with Gasteiger partial charge in [-0.1, -0.05) is 30.3 Å². The third kappa shape index (κ3) is 5.32. The lowest BCUT2D eigenvalue weighted by Gasteiger charge is -2.21. The van der Waals surface area contributed by atoms with E-state index < -0.39 is 8.32 Å². The van der Waals surface area contributed by atoms with Crippen molar-refractivity contribution in [3.8, 4) is 0 Å². The maximum atomic E-state index is 6.03. The molecule has 0 aliphatic carbocycles. The van der Waals surface area contributed by atoms with Crippen LogP contribution in [0, 0.1) is 6.92 Å². The SMILES string of the molecule is Cc1ccc(C=N[C@@H](CO[Si](C)(C)C)c2ccccc2)o1. The minimum absolute atomic E-state index is 0.00308. The van der Waals surface area contributed by atoms with Gasteiger partial charge in [-0.25, -0.2) is 0 Å². The van der Waals surface area contributed by atoms with Crippen molar-refractivity contribution in [2.24, 2.45) is 4.99 Å². The fourth-order valence-corrected chi connectivity index (χ4v) is 2.57. The molecular weight excluding hydrogens is 278 g/mol. The summed E-state index contributed by atoms with van der Waals surface area (Å²) in [6.45, 7) is 9.11. The first-order valence-electron chi connectivity index (χ1n) is 7.22. The zero-order valence-corrected chi connectivity index (χ0v) is 14.2. The average Bonchev–Trinajstić information content (AvgIpc) is 2.84. The normalized spacial score (nSPS) is 13.7. The zero-order chi connectivity index (χ0) is 15.3. The van der Waals surface area contributed by atoms with E-state index >= 15 is 0 Å². The highest BCUT2D eigenvalue weighted by Gasteiger charge is 2.18. The van der Waals surface area contributed by atoms with Gasteiger partial charge in [-0.2, -0.15) is 0 Å². The summed E-state index contributed by atoms with van der Waals surface area (Å²) in [5, 5.41) is 0. The molecule has 0 saturated heterocycles. The van der Waals surface area contributed by atoms with Gasteiger partial charge in [0, 0.05) is 0 Å². The Morgan fingerprint density at radius 1 is 1.14 bits per heavy atom. The van der Waals surface area contributed by atoms with Gasteiger partial charge in [0.05, 0.1) is 18.9 Å². The van der Waals surface area contributed by atoms with Gasteiger partial charge < -0.3 is 8.84 Å².